The third-order valence-electron chi connectivity index (χ3n) is 2.22. The first kappa shape index (κ1) is 8.29. The maximum Gasteiger partial charge on any atom is 0.130 e. The summed E-state index contributed by atoms with van der Waals surface area (Å²) in [6.07, 6.45) is 1.52. The van der Waals surface area contributed by atoms with Gasteiger partial charge in [0.25, 0.3) is 0 Å². The highest BCUT2D eigenvalue weighted by atomic mass is 19.1. The van der Waals surface area contributed by atoms with Gasteiger partial charge in [-0.2, -0.15) is 0 Å². The van der Waals surface area contributed by atoms with Gasteiger partial charge in [0, 0.05) is 24.5 Å². The van der Waals surface area contributed by atoms with E-state index < -0.39 is 6.17 Å². The van der Waals surface area contributed by atoms with Gasteiger partial charge in [-0.15, -0.1) is 0 Å². The van der Waals surface area contributed by atoms with Crippen LogP contribution in [0.5, 0.6) is 0 Å². The second-order valence-corrected chi connectivity index (χ2v) is 3.28. The smallest absolute Gasteiger partial charge is 0.130 e. The fourth-order valence-corrected chi connectivity index (χ4v) is 1.53. The Hall–Kier alpha value is -1.32. The molecule has 1 saturated heterocycles. The van der Waals surface area contributed by atoms with Crippen LogP contribution in [0.15, 0.2) is 18.3 Å². The van der Waals surface area contributed by atoms with Gasteiger partial charge in [0.15, 0.2) is 0 Å². The Kier molecular flexibility index (Phi) is 2.04. The molecule has 2 N–H and O–H groups in total. The van der Waals surface area contributed by atoms with E-state index in [-0.39, 0.29) is 0 Å². The van der Waals surface area contributed by atoms with Gasteiger partial charge in [0.05, 0.1) is 6.54 Å². The molecule has 13 heavy (non-hydrogen) atoms. The maximum atomic E-state index is 12.9. The molecular formula is C9H12FN3. The Morgan fingerprint density at radius 1 is 1.62 bits per heavy atom. The van der Waals surface area contributed by atoms with E-state index in [0.717, 1.165) is 12.4 Å². The lowest BCUT2D eigenvalue weighted by Crippen LogP contribution is -2.21. The largest absolute Gasteiger partial charge is 0.399 e. The Morgan fingerprint density at radius 3 is 3.08 bits per heavy atom. The van der Waals surface area contributed by atoms with E-state index in [2.05, 4.69) is 4.98 Å². The predicted octanol–water partition coefficient (Wildman–Crippen LogP) is 1.21. The van der Waals surface area contributed by atoms with Crippen LogP contribution in [-0.4, -0.2) is 24.2 Å². The molecule has 1 fully saturated rings. The summed E-state index contributed by atoms with van der Waals surface area (Å²) in [5.74, 6) is 0.778. The number of alkyl halides is 1. The highest BCUT2D eigenvalue weighted by Gasteiger charge is 2.22. The molecule has 3 nitrogen and oxygen atoms in total. The topological polar surface area (TPSA) is 42.1 Å². The van der Waals surface area contributed by atoms with Crippen LogP contribution in [0.1, 0.15) is 6.42 Å². The summed E-state index contributed by atoms with van der Waals surface area (Å²) < 4.78 is 12.9. The van der Waals surface area contributed by atoms with E-state index in [1.807, 2.05) is 4.90 Å². The number of nitrogen functional groups attached to an aromatic ring is 1. The van der Waals surface area contributed by atoms with Gasteiger partial charge in [-0.25, -0.2) is 9.37 Å². The standard InChI is InChI=1S/C9H12FN3/c10-7-2-4-13(6-7)9-5-8(11)1-3-12-9/h1,3,5,7H,2,4,6H2,(H2,11,12)/t7-/m1/s1. The minimum atomic E-state index is -0.719. The van der Waals surface area contributed by atoms with Crippen LogP contribution in [0, 0.1) is 0 Å². The molecule has 0 radical (unpaired) electrons. The van der Waals surface area contributed by atoms with Crippen LogP contribution >= 0.6 is 0 Å². The van der Waals surface area contributed by atoms with Gasteiger partial charge < -0.3 is 10.6 Å². The third-order valence-corrected chi connectivity index (χ3v) is 2.22. The van der Waals surface area contributed by atoms with Gasteiger partial charge in [-0.1, -0.05) is 0 Å². The molecule has 2 rings (SSSR count). The van der Waals surface area contributed by atoms with Crippen LogP contribution in [0.4, 0.5) is 15.9 Å². The van der Waals surface area contributed by atoms with Crippen molar-refractivity contribution in [3.05, 3.63) is 18.3 Å². The van der Waals surface area contributed by atoms with Crippen LogP contribution < -0.4 is 10.6 Å². The van der Waals surface area contributed by atoms with Crippen molar-refractivity contribution < 1.29 is 4.39 Å². The number of aromatic nitrogens is 1. The predicted molar refractivity (Wildman–Crippen MR) is 50.4 cm³/mol. The monoisotopic (exact) mass is 181 g/mol. The lowest BCUT2D eigenvalue weighted by Gasteiger charge is -2.15. The highest BCUT2D eigenvalue weighted by molar-refractivity contribution is 5.50. The van der Waals surface area contributed by atoms with Crippen molar-refractivity contribution in [1.82, 2.24) is 4.98 Å². The van der Waals surface area contributed by atoms with Crippen LogP contribution in [0.3, 0.4) is 0 Å². The molecule has 2 heterocycles. The summed E-state index contributed by atoms with van der Waals surface area (Å²) in [5.41, 5.74) is 6.27. The minimum Gasteiger partial charge on any atom is -0.399 e. The fraction of sp³-hybridized carbons (Fsp3) is 0.444. The Labute approximate surface area is 76.4 Å². The number of hydrogen-bond acceptors (Lipinski definition) is 3. The summed E-state index contributed by atoms with van der Waals surface area (Å²) >= 11 is 0. The average molecular weight is 181 g/mol. The number of pyridine rings is 1. The van der Waals surface area contributed by atoms with Crippen molar-refractivity contribution in [2.45, 2.75) is 12.6 Å². The van der Waals surface area contributed by atoms with Gasteiger partial charge in [-0.05, 0) is 12.5 Å². The van der Waals surface area contributed by atoms with Crippen molar-refractivity contribution in [2.75, 3.05) is 23.7 Å². The Bertz CT molecular complexity index is 303. The summed E-state index contributed by atoms with van der Waals surface area (Å²) in [6, 6.07) is 3.50. The second-order valence-electron chi connectivity index (χ2n) is 3.28. The van der Waals surface area contributed by atoms with Gasteiger partial charge in [0.2, 0.25) is 0 Å². The molecule has 0 unspecified atom stereocenters. The third kappa shape index (κ3) is 1.71. The zero-order chi connectivity index (χ0) is 9.26. The number of nitrogens with zero attached hydrogens (tertiary/aromatic N) is 2. The van der Waals surface area contributed by atoms with Gasteiger partial charge in [-0.3, -0.25) is 0 Å². The number of halogens is 1. The van der Waals surface area contributed by atoms with Crippen molar-refractivity contribution in [3.8, 4) is 0 Å². The minimum absolute atomic E-state index is 0.441. The van der Waals surface area contributed by atoms with E-state index >= 15 is 0 Å². The van der Waals surface area contributed by atoms with Crippen molar-refractivity contribution in [1.29, 1.82) is 0 Å². The molecule has 0 spiro atoms. The molecule has 0 saturated carbocycles. The zero-order valence-corrected chi connectivity index (χ0v) is 7.28. The normalized spacial score (nSPS) is 22.2. The van der Waals surface area contributed by atoms with Gasteiger partial charge >= 0.3 is 0 Å². The molecule has 1 atom stereocenters. The molecule has 1 aromatic rings. The van der Waals surface area contributed by atoms with Crippen molar-refractivity contribution in [2.24, 2.45) is 0 Å². The van der Waals surface area contributed by atoms with Crippen LogP contribution in [0.2, 0.25) is 0 Å². The second kappa shape index (κ2) is 3.20. The first-order valence-corrected chi connectivity index (χ1v) is 4.36. The fourth-order valence-electron chi connectivity index (χ4n) is 1.53. The van der Waals surface area contributed by atoms with Crippen LogP contribution in [-0.2, 0) is 0 Å². The Balaban J connectivity index is 2.16. The molecule has 1 aliphatic rings. The summed E-state index contributed by atoms with van der Waals surface area (Å²) in [5, 5.41) is 0. The van der Waals surface area contributed by atoms with E-state index in [0.29, 0.717) is 18.7 Å². The summed E-state index contributed by atoms with van der Waals surface area (Å²) in [7, 11) is 0. The average Bonchev–Trinajstić information content (AvgIpc) is 2.52. The molecule has 1 aliphatic heterocycles. The quantitative estimate of drug-likeness (QED) is 0.708. The SMILES string of the molecule is Nc1ccnc(N2CC[C@@H](F)C2)c1. The molecular weight excluding hydrogens is 169 g/mol. The number of hydrogen-bond donors (Lipinski definition) is 1. The molecule has 0 amide bonds. The first-order chi connectivity index (χ1) is 6.25. The first-order valence-electron chi connectivity index (χ1n) is 4.36. The lowest BCUT2D eigenvalue weighted by molar-refractivity contribution is 0.364. The van der Waals surface area contributed by atoms with E-state index in [1.165, 1.54) is 0 Å². The number of nitrogens with two attached hydrogens (primary N) is 1. The summed E-state index contributed by atoms with van der Waals surface area (Å²) in [6.45, 7) is 1.17. The van der Waals surface area contributed by atoms with Crippen molar-refractivity contribution >= 4 is 11.5 Å². The van der Waals surface area contributed by atoms with E-state index in [4.69, 9.17) is 5.73 Å². The molecule has 4 heteroatoms. The Morgan fingerprint density at radius 2 is 2.46 bits per heavy atom. The molecule has 0 aromatic carbocycles. The summed E-state index contributed by atoms with van der Waals surface area (Å²) in [4.78, 5) is 6.05. The molecule has 0 aliphatic carbocycles. The highest BCUT2D eigenvalue weighted by Crippen LogP contribution is 2.20. The lowest BCUT2D eigenvalue weighted by atomic mass is 10.3. The molecule has 70 valence electrons. The number of rotatable bonds is 1. The van der Waals surface area contributed by atoms with Crippen molar-refractivity contribution in [3.63, 3.8) is 0 Å². The maximum absolute atomic E-state index is 12.9. The molecule has 0 bridgehead atoms. The number of anilines is 2. The van der Waals surface area contributed by atoms with E-state index in [1.54, 1.807) is 18.3 Å². The van der Waals surface area contributed by atoms with Gasteiger partial charge in [0.1, 0.15) is 12.0 Å². The molecule has 1 aromatic heterocycles. The zero-order valence-electron chi connectivity index (χ0n) is 7.28. The van der Waals surface area contributed by atoms with E-state index in [9.17, 15) is 4.39 Å². The van der Waals surface area contributed by atoms with Crippen LogP contribution in [0.25, 0.3) is 0 Å².